The third-order valence-electron chi connectivity index (χ3n) is 5.77. The summed E-state index contributed by atoms with van der Waals surface area (Å²) >= 11 is 0. The Hall–Kier alpha value is -3.14. The standard InChI is InChI=1S/C26H32FN3O5/c1-32-24-8-3-21(15-25(24)34-13-2-10-29-11-9-28-20-29)16-30-12-14-33-18-26(31,17-30)19-35-23-6-4-22(27)5-7-23/h3-9,11,15,20,31H,2,10,12-14,16-19H2,1H3/t26-/m0/s1. The van der Waals surface area contributed by atoms with Crippen molar-refractivity contribution < 1.29 is 28.4 Å². The van der Waals surface area contributed by atoms with Crippen molar-refractivity contribution in [1.29, 1.82) is 0 Å². The van der Waals surface area contributed by atoms with Crippen LogP contribution >= 0.6 is 0 Å². The number of rotatable bonds is 11. The highest BCUT2D eigenvalue weighted by atomic mass is 19.1. The van der Waals surface area contributed by atoms with Crippen LogP contribution in [0.15, 0.2) is 61.2 Å². The predicted octanol–water partition coefficient (Wildman–Crippen LogP) is 3.14. The molecule has 9 heteroatoms. The van der Waals surface area contributed by atoms with Crippen molar-refractivity contribution in [2.75, 3.05) is 46.6 Å². The molecule has 0 aliphatic carbocycles. The summed E-state index contributed by atoms with van der Waals surface area (Å²) in [7, 11) is 1.63. The third kappa shape index (κ3) is 7.42. The topological polar surface area (TPSA) is 78.2 Å². The first-order valence-electron chi connectivity index (χ1n) is 11.7. The van der Waals surface area contributed by atoms with Crippen molar-refractivity contribution >= 4 is 0 Å². The molecule has 1 aromatic heterocycles. The first kappa shape index (κ1) is 25.0. The number of aromatic nitrogens is 2. The van der Waals surface area contributed by atoms with E-state index in [9.17, 15) is 9.50 Å². The van der Waals surface area contributed by atoms with E-state index < -0.39 is 5.60 Å². The first-order chi connectivity index (χ1) is 17.0. The molecule has 4 rings (SSSR count). The van der Waals surface area contributed by atoms with Gasteiger partial charge in [-0.15, -0.1) is 0 Å². The summed E-state index contributed by atoms with van der Waals surface area (Å²) in [5.41, 5.74) is -0.150. The summed E-state index contributed by atoms with van der Waals surface area (Å²) in [4.78, 5) is 6.18. The van der Waals surface area contributed by atoms with E-state index in [-0.39, 0.29) is 19.0 Å². The Bertz CT molecular complexity index is 1050. The van der Waals surface area contributed by atoms with Crippen LogP contribution in [0.2, 0.25) is 0 Å². The van der Waals surface area contributed by atoms with Crippen LogP contribution in [0.25, 0.3) is 0 Å². The van der Waals surface area contributed by atoms with Gasteiger partial charge in [-0.1, -0.05) is 6.07 Å². The van der Waals surface area contributed by atoms with Crippen LogP contribution in [0, 0.1) is 5.82 Å². The van der Waals surface area contributed by atoms with Gasteiger partial charge in [0.05, 0.1) is 33.3 Å². The third-order valence-corrected chi connectivity index (χ3v) is 5.77. The lowest BCUT2D eigenvalue weighted by Gasteiger charge is -2.30. The molecule has 8 nitrogen and oxygen atoms in total. The molecule has 2 aromatic carbocycles. The van der Waals surface area contributed by atoms with E-state index in [0.29, 0.717) is 50.1 Å². The van der Waals surface area contributed by atoms with Crippen LogP contribution in [-0.2, 0) is 17.8 Å². The maximum Gasteiger partial charge on any atom is 0.161 e. The minimum absolute atomic E-state index is 0.0447. The summed E-state index contributed by atoms with van der Waals surface area (Å²) in [5.74, 6) is 1.54. The Kier molecular flexibility index (Phi) is 8.57. The van der Waals surface area contributed by atoms with Gasteiger partial charge in [0.15, 0.2) is 11.5 Å². The largest absolute Gasteiger partial charge is 0.493 e. The number of hydrogen-bond donors (Lipinski definition) is 1. The van der Waals surface area contributed by atoms with E-state index in [2.05, 4.69) is 9.88 Å². The number of methoxy groups -OCH3 is 1. The molecule has 188 valence electrons. The van der Waals surface area contributed by atoms with Crippen molar-refractivity contribution in [3.05, 3.63) is 72.6 Å². The van der Waals surface area contributed by atoms with Crippen molar-refractivity contribution in [2.45, 2.75) is 25.1 Å². The van der Waals surface area contributed by atoms with E-state index in [1.807, 2.05) is 29.0 Å². The zero-order valence-electron chi connectivity index (χ0n) is 19.9. The van der Waals surface area contributed by atoms with Crippen LogP contribution in [0.3, 0.4) is 0 Å². The molecule has 1 aliphatic rings. The van der Waals surface area contributed by atoms with Gasteiger partial charge in [0.1, 0.15) is 23.8 Å². The Morgan fingerprint density at radius 1 is 1.14 bits per heavy atom. The Morgan fingerprint density at radius 2 is 2.00 bits per heavy atom. The molecule has 1 fully saturated rings. The zero-order chi connectivity index (χ0) is 24.5. The molecule has 1 atom stereocenters. The maximum atomic E-state index is 13.1. The normalized spacial score (nSPS) is 18.7. The second-order valence-corrected chi connectivity index (χ2v) is 8.72. The minimum atomic E-state index is -1.19. The minimum Gasteiger partial charge on any atom is -0.493 e. The van der Waals surface area contributed by atoms with Crippen LogP contribution in [-0.4, -0.2) is 71.8 Å². The van der Waals surface area contributed by atoms with Gasteiger partial charge in [-0.05, 0) is 48.4 Å². The number of aryl methyl sites for hydroxylation is 1. The molecule has 0 radical (unpaired) electrons. The highest BCUT2D eigenvalue weighted by molar-refractivity contribution is 5.43. The number of β-amino-alcohol motifs (C(OH)–C–C–N with tert-alkyl or cyclic N) is 1. The lowest BCUT2D eigenvalue weighted by atomic mass is 10.1. The summed E-state index contributed by atoms with van der Waals surface area (Å²) in [6.07, 6.45) is 6.32. The Morgan fingerprint density at radius 3 is 2.77 bits per heavy atom. The molecule has 0 bridgehead atoms. The lowest BCUT2D eigenvalue weighted by molar-refractivity contribution is -0.0646. The molecule has 1 aliphatic heterocycles. The number of benzene rings is 2. The zero-order valence-corrected chi connectivity index (χ0v) is 19.9. The van der Waals surface area contributed by atoms with Gasteiger partial charge < -0.3 is 28.6 Å². The van der Waals surface area contributed by atoms with Gasteiger partial charge >= 0.3 is 0 Å². The number of aliphatic hydroxyl groups is 1. The second-order valence-electron chi connectivity index (χ2n) is 8.72. The average Bonchev–Trinajstić information content (AvgIpc) is 3.31. The van der Waals surface area contributed by atoms with E-state index >= 15 is 0 Å². The van der Waals surface area contributed by atoms with Crippen molar-refractivity contribution in [3.8, 4) is 17.2 Å². The fraction of sp³-hybridized carbons (Fsp3) is 0.423. The molecular formula is C26H32FN3O5. The average molecular weight is 486 g/mol. The molecule has 0 saturated carbocycles. The van der Waals surface area contributed by atoms with Crippen molar-refractivity contribution in [3.63, 3.8) is 0 Å². The Balaban J connectivity index is 1.34. The quantitative estimate of drug-likeness (QED) is 0.418. The summed E-state index contributed by atoms with van der Waals surface area (Å²) in [6, 6.07) is 11.6. The number of nitrogens with zero attached hydrogens (tertiary/aromatic N) is 3. The highest BCUT2D eigenvalue weighted by Crippen LogP contribution is 2.29. The van der Waals surface area contributed by atoms with Crippen LogP contribution < -0.4 is 14.2 Å². The van der Waals surface area contributed by atoms with Crippen molar-refractivity contribution in [1.82, 2.24) is 14.5 Å². The molecule has 1 saturated heterocycles. The molecule has 0 spiro atoms. The van der Waals surface area contributed by atoms with Gasteiger partial charge in [0, 0.05) is 38.6 Å². The second kappa shape index (κ2) is 12.0. The van der Waals surface area contributed by atoms with E-state index in [1.165, 1.54) is 12.1 Å². The predicted molar refractivity (Wildman–Crippen MR) is 128 cm³/mol. The molecule has 2 heterocycles. The Labute approximate surface area is 204 Å². The monoisotopic (exact) mass is 485 g/mol. The summed E-state index contributed by atoms with van der Waals surface area (Å²) in [6.45, 7) is 3.75. The van der Waals surface area contributed by atoms with Gasteiger partial charge in [0.2, 0.25) is 0 Å². The van der Waals surface area contributed by atoms with Crippen LogP contribution in [0.5, 0.6) is 17.2 Å². The van der Waals surface area contributed by atoms with Gasteiger partial charge in [-0.25, -0.2) is 9.37 Å². The van der Waals surface area contributed by atoms with Gasteiger partial charge in [-0.3, -0.25) is 4.90 Å². The number of imidazole rings is 1. The fourth-order valence-corrected chi connectivity index (χ4v) is 4.01. The summed E-state index contributed by atoms with van der Waals surface area (Å²) in [5, 5.41) is 11.2. The molecule has 1 N–H and O–H groups in total. The smallest absolute Gasteiger partial charge is 0.161 e. The van der Waals surface area contributed by atoms with E-state index in [0.717, 1.165) is 18.5 Å². The SMILES string of the molecule is COc1ccc(CN2CCOC[C@](O)(COc3ccc(F)cc3)C2)cc1OCCCn1ccnc1. The van der Waals surface area contributed by atoms with Gasteiger partial charge in [-0.2, -0.15) is 0 Å². The van der Waals surface area contributed by atoms with Crippen molar-refractivity contribution in [2.24, 2.45) is 0 Å². The lowest BCUT2D eigenvalue weighted by Crippen LogP contribution is -2.48. The van der Waals surface area contributed by atoms with E-state index in [4.69, 9.17) is 18.9 Å². The maximum absolute atomic E-state index is 13.1. The number of halogens is 1. The molecule has 0 amide bonds. The molecule has 3 aromatic rings. The molecule has 0 unspecified atom stereocenters. The highest BCUT2D eigenvalue weighted by Gasteiger charge is 2.33. The van der Waals surface area contributed by atoms with Gasteiger partial charge in [0.25, 0.3) is 0 Å². The molecule has 35 heavy (non-hydrogen) atoms. The van der Waals surface area contributed by atoms with Crippen LogP contribution in [0.4, 0.5) is 4.39 Å². The fourth-order valence-electron chi connectivity index (χ4n) is 4.01. The number of ether oxygens (including phenoxy) is 4. The number of hydrogen-bond acceptors (Lipinski definition) is 7. The van der Waals surface area contributed by atoms with E-state index in [1.54, 1.807) is 31.8 Å². The van der Waals surface area contributed by atoms with Crippen LogP contribution in [0.1, 0.15) is 12.0 Å². The summed E-state index contributed by atoms with van der Waals surface area (Å²) < 4.78 is 38.0. The first-order valence-corrected chi connectivity index (χ1v) is 11.7. The molecular weight excluding hydrogens is 453 g/mol.